The number of nitrogens with zero attached hydrogens (tertiary/aromatic N) is 4. The molecule has 0 saturated carbocycles. The highest BCUT2D eigenvalue weighted by Gasteiger charge is 2.29. The largest absolute Gasteiger partial charge is 0.329 e. The average Bonchev–Trinajstić information content (AvgIpc) is 3.21. The van der Waals surface area contributed by atoms with Gasteiger partial charge in [-0.1, -0.05) is 6.07 Å². The fraction of sp³-hybridized carbons (Fsp3) is 0.526. The van der Waals surface area contributed by atoms with E-state index in [4.69, 9.17) is 0 Å². The van der Waals surface area contributed by atoms with Gasteiger partial charge in [0.2, 0.25) is 5.91 Å². The summed E-state index contributed by atoms with van der Waals surface area (Å²) in [5.41, 5.74) is 2.35. The van der Waals surface area contributed by atoms with Crippen LogP contribution in [0.5, 0.6) is 0 Å². The molecule has 2 aliphatic rings. The molecule has 1 aromatic heterocycles. The van der Waals surface area contributed by atoms with Crippen LogP contribution in [0.1, 0.15) is 38.2 Å². The van der Waals surface area contributed by atoms with Gasteiger partial charge in [0.1, 0.15) is 0 Å². The highest BCUT2D eigenvalue weighted by molar-refractivity contribution is 6.08. The molecule has 26 heavy (non-hydrogen) atoms. The minimum absolute atomic E-state index is 0.232. The smallest absolute Gasteiger partial charge is 0.300 e. The van der Waals surface area contributed by atoms with Crippen molar-refractivity contribution in [3.05, 3.63) is 23.8 Å². The first kappa shape index (κ1) is 17.0. The zero-order valence-corrected chi connectivity index (χ0v) is 15.5. The monoisotopic (exact) mass is 355 g/mol. The number of anilines is 1. The number of aryl methyl sites for hydroxylation is 1. The molecule has 2 saturated heterocycles. The van der Waals surface area contributed by atoms with Crippen LogP contribution in [-0.2, 0) is 11.8 Å². The quantitative estimate of drug-likeness (QED) is 0.916. The number of nitrogens with one attached hydrogen (secondary N) is 1. The van der Waals surface area contributed by atoms with Crippen LogP contribution < -0.4 is 10.2 Å². The van der Waals surface area contributed by atoms with E-state index in [1.807, 2.05) is 11.7 Å². The number of hydrogen-bond acceptors (Lipinski definition) is 4. The zero-order valence-electron chi connectivity index (χ0n) is 15.5. The predicted octanol–water partition coefficient (Wildman–Crippen LogP) is 2.22. The number of carbonyl (C=O) groups excluding carboxylic acids is 2. The van der Waals surface area contributed by atoms with Gasteiger partial charge in [0.05, 0.1) is 5.52 Å². The third kappa shape index (κ3) is 2.86. The average molecular weight is 355 g/mol. The maximum atomic E-state index is 12.2. The number of likely N-dealkylation sites (tertiary alicyclic amines) is 1. The molecule has 0 aliphatic carbocycles. The molecule has 0 radical (unpaired) electrons. The van der Waals surface area contributed by atoms with E-state index < -0.39 is 6.03 Å². The Morgan fingerprint density at radius 1 is 1.23 bits per heavy atom. The Labute approximate surface area is 152 Å². The summed E-state index contributed by atoms with van der Waals surface area (Å²) in [5.74, 6) is 0.926. The van der Waals surface area contributed by atoms with Gasteiger partial charge in [-0.2, -0.15) is 5.10 Å². The first-order valence-electron chi connectivity index (χ1n) is 9.26. The lowest BCUT2D eigenvalue weighted by molar-refractivity contribution is -0.120. The van der Waals surface area contributed by atoms with Gasteiger partial charge in [0, 0.05) is 38.0 Å². The maximum absolute atomic E-state index is 12.2. The number of rotatable bonds is 3. The van der Waals surface area contributed by atoms with Crippen LogP contribution in [0, 0.1) is 0 Å². The van der Waals surface area contributed by atoms with Gasteiger partial charge < -0.3 is 4.90 Å². The molecule has 138 valence electrons. The Kier molecular flexibility index (Phi) is 4.19. The Morgan fingerprint density at radius 2 is 2.04 bits per heavy atom. The second-order valence-corrected chi connectivity index (χ2v) is 7.55. The molecule has 0 unspecified atom stereocenters. The topological polar surface area (TPSA) is 70.5 Å². The van der Waals surface area contributed by atoms with Gasteiger partial charge in [0.15, 0.2) is 5.82 Å². The normalized spacial score (nSPS) is 21.8. The number of amides is 3. The summed E-state index contributed by atoms with van der Waals surface area (Å²) in [5, 5.41) is 7.87. The maximum Gasteiger partial charge on any atom is 0.329 e. The molecular weight excluding hydrogens is 330 g/mol. The van der Waals surface area contributed by atoms with Crippen LogP contribution in [0.15, 0.2) is 18.2 Å². The number of fused-ring (bicyclic) bond motifs is 1. The lowest BCUT2D eigenvalue weighted by atomic mass is 9.97. The molecule has 0 spiro atoms. The fourth-order valence-corrected chi connectivity index (χ4v) is 4.00. The minimum Gasteiger partial charge on any atom is -0.300 e. The molecule has 1 atom stereocenters. The molecule has 1 aromatic carbocycles. The number of benzene rings is 1. The molecule has 3 heterocycles. The van der Waals surface area contributed by atoms with Crippen molar-refractivity contribution in [1.29, 1.82) is 0 Å². The summed E-state index contributed by atoms with van der Waals surface area (Å²) in [4.78, 5) is 27.6. The molecule has 7 heteroatoms. The van der Waals surface area contributed by atoms with Crippen LogP contribution in [-0.4, -0.2) is 52.3 Å². The molecule has 2 aromatic rings. The number of imide groups is 1. The molecule has 0 bridgehead atoms. The number of urea groups is 1. The Morgan fingerprint density at radius 3 is 2.73 bits per heavy atom. The van der Waals surface area contributed by atoms with Crippen molar-refractivity contribution < 1.29 is 9.59 Å². The highest BCUT2D eigenvalue weighted by atomic mass is 16.2. The highest BCUT2D eigenvalue weighted by Crippen LogP contribution is 2.33. The molecule has 2 fully saturated rings. The van der Waals surface area contributed by atoms with Gasteiger partial charge in [0.25, 0.3) is 0 Å². The van der Waals surface area contributed by atoms with Crippen molar-refractivity contribution in [2.75, 3.05) is 24.5 Å². The van der Waals surface area contributed by atoms with Crippen LogP contribution in [0.3, 0.4) is 0 Å². The number of aromatic nitrogens is 2. The number of hydrogen-bond donors (Lipinski definition) is 1. The van der Waals surface area contributed by atoms with Crippen molar-refractivity contribution in [3.63, 3.8) is 0 Å². The van der Waals surface area contributed by atoms with Gasteiger partial charge in [-0.25, -0.2) is 4.79 Å². The first-order valence-corrected chi connectivity index (χ1v) is 9.26. The van der Waals surface area contributed by atoms with E-state index in [9.17, 15) is 9.59 Å². The first-order chi connectivity index (χ1) is 12.4. The summed E-state index contributed by atoms with van der Waals surface area (Å²) in [6, 6.07) is 6.61. The summed E-state index contributed by atoms with van der Waals surface area (Å²) in [7, 11) is 1.90. The van der Waals surface area contributed by atoms with E-state index >= 15 is 0 Å². The van der Waals surface area contributed by atoms with Crippen molar-refractivity contribution in [3.8, 4) is 0 Å². The van der Waals surface area contributed by atoms with Crippen molar-refractivity contribution in [1.82, 2.24) is 20.0 Å². The van der Waals surface area contributed by atoms with Crippen LogP contribution >= 0.6 is 0 Å². The predicted molar refractivity (Wildman–Crippen MR) is 100 cm³/mol. The molecule has 1 N–H and O–H groups in total. The van der Waals surface area contributed by atoms with E-state index in [1.165, 1.54) is 12.0 Å². The third-order valence-electron chi connectivity index (χ3n) is 5.59. The molecule has 3 amide bonds. The summed E-state index contributed by atoms with van der Waals surface area (Å²) in [6.45, 7) is 7.08. The Bertz CT molecular complexity index is 872. The van der Waals surface area contributed by atoms with Crippen LogP contribution in [0.2, 0.25) is 0 Å². The molecule has 4 rings (SSSR count). The second kappa shape index (κ2) is 6.39. The van der Waals surface area contributed by atoms with Crippen molar-refractivity contribution in [2.45, 2.75) is 38.6 Å². The van der Waals surface area contributed by atoms with E-state index in [0.717, 1.165) is 24.0 Å². The van der Waals surface area contributed by atoms with Gasteiger partial charge in [-0.15, -0.1) is 0 Å². The standard InChI is InChI=1S/C19H25N5O2/c1-12(2)23-8-6-14(11-23)13-4-5-15-16(10-13)22(3)21-18(15)24-9-7-17(25)20-19(24)26/h4-5,10,12,14H,6-9,11H2,1-3H3,(H,20,25,26)/t14-/m1/s1. The molecule has 7 nitrogen and oxygen atoms in total. The van der Waals surface area contributed by atoms with Crippen LogP contribution in [0.4, 0.5) is 10.6 Å². The molecule has 2 aliphatic heterocycles. The van der Waals surface area contributed by atoms with E-state index in [0.29, 0.717) is 30.7 Å². The summed E-state index contributed by atoms with van der Waals surface area (Å²) < 4.78 is 1.83. The van der Waals surface area contributed by atoms with E-state index in [-0.39, 0.29) is 5.91 Å². The van der Waals surface area contributed by atoms with Gasteiger partial charge in [-0.05, 0) is 50.4 Å². The van der Waals surface area contributed by atoms with Gasteiger partial charge in [-0.3, -0.25) is 19.7 Å². The molecular formula is C19H25N5O2. The lowest BCUT2D eigenvalue weighted by Crippen LogP contribution is -2.49. The van der Waals surface area contributed by atoms with Gasteiger partial charge >= 0.3 is 6.03 Å². The Balaban J connectivity index is 1.65. The fourth-order valence-electron chi connectivity index (χ4n) is 4.00. The zero-order chi connectivity index (χ0) is 18.4. The second-order valence-electron chi connectivity index (χ2n) is 7.55. The van der Waals surface area contributed by atoms with E-state index in [2.05, 4.69) is 47.4 Å². The third-order valence-corrected chi connectivity index (χ3v) is 5.59. The van der Waals surface area contributed by atoms with Crippen molar-refractivity contribution in [2.24, 2.45) is 7.05 Å². The summed E-state index contributed by atoms with van der Waals surface area (Å²) >= 11 is 0. The number of carbonyl (C=O) groups is 2. The summed E-state index contributed by atoms with van der Waals surface area (Å²) in [6.07, 6.45) is 1.47. The Hall–Kier alpha value is -2.41. The van der Waals surface area contributed by atoms with Crippen LogP contribution in [0.25, 0.3) is 10.9 Å². The SMILES string of the molecule is CC(C)N1CC[C@@H](c2ccc3c(N4CCC(=O)NC4=O)nn(C)c3c2)C1. The minimum atomic E-state index is -0.395. The van der Waals surface area contributed by atoms with Crippen molar-refractivity contribution >= 4 is 28.7 Å². The van der Waals surface area contributed by atoms with E-state index in [1.54, 1.807) is 4.90 Å². The lowest BCUT2D eigenvalue weighted by Gasteiger charge is -2.24.